The fraction of sp³-hybridized carbons (Fsp3) is 0.412. The Kier molecular flexibility index (Phi) is 5.12. The molecule has 0 saturated carbocycles. The number of carbonyl (C=O) groups is 1. The number of hydrogen-bond acceptors (Lipinski definition) is 3. The minimum absolute atomic E-state index is 0.00575. The molecule has 1 aromatic heterocycles. The van der Waals surface area contributed by atoms with Crippen molar-refractivity contribution in [2.24, 2.45) is 5.92 Å². The third kappa shape index (κ3) is 4.14. The predicted octanol–water partition coefficient (Wildman–Crippen LogP) is 4.34. The summed E-state index contributed by atoms with van der Waals surface area (Å²) < 4.78 is 0. The quantitative estimate of drug-likeness (QED) is 0.892. The Balaban J connectivity index is 2.14. The number of aryl methyl sites for hydroxylation is 1. The average molecular weight is 302 g/mol. The van der Waals surface area contributed by atoms with E-state index in [1.807, 2.05) is 32.0 Å². The van der Waals surface area contributed by atoms with E-state index in [4.69, 9.17) is 0 Å². The van der Waals surface area contributed by atoms with Crippen LogP contribution in [0.1, 0.15) is 43.8 Å². The molecule has 1 unspecified atom stereocenters. The van der Waals surface area contributed by atoms with Gasteiger partial charge in [0.05, 0.1) is 16.6 Å². The van der Waals surface area contributed by atoms with Gasteiger partial charge in [0, 0.05) is 12.0 Å². The van der Waals surface area contributed by atoms with E-state index < -0.39 is 0 Å². The zero-order chi connectivity index (χ0) is 15.4. The first-order valence-corrected chi connectivity index (χ1v) is 8.11. The largest absolute Gasteiger partial charge is 0.349 e. The Morgan fingerprint density at radius 1 is 1.24 bits per heavy atom. The van der Waals surface area contributed by atoms with Crippen molar-refractivity contribution in [3.8, 4) is 10.6 Å². The number of amides is 1. The third-order valence-electron chi connectivity index (χ3n) is 3.22. The van der Waals surface area contributed by atoms with Crippen LogP contribution in [0.4, 0.5) is 0 Å². The minimum Gasteiger partial charge on any atom is -0.349 e. The van der Waals surface area contributed by atoms with Gasteiger partial charge in [0.15, 0.2) is 0 Å². The van der Waals surface area contributed by atoms with Gasteiger partial charge in [-0.15, -0.1) is 11.3 Å². The summed E-state index contributed by atoms with van der Waals surface area (Å²) in [6, 6.07) is 10.2. The second-order valence-electron chi connectivity index (χ2n) is 5.72. The highest BCUT2D eigenvalue weighted by Gasteiger charge is 2.17. The van der Waals surface area contributed by atoms with Crippen molar-refractivity contribution in [2.75, 3.05) is 0 Å². The van der Waals surface area contributed by atoms with Crippen LogP contribution < -0.4 is 5.32 Å². The molecule has 1 atom stereocenters. The topological polar surface area (TPSA) is 42.0 Å². The summed E-state index contributed by atoms with van der Waals surface area (Å²) in [4.78, 5) is 17.7. The highest BCUT2D eigenvalue weighted by atomic mass is 32.1. The lowest BCUT2D eigenvalue weighted by Crippen LogP contribution is -2.27. The van der Waals surface area contributed by atoms with E-state index in [1.54, 1.807) is 11.3 Å². The Morgan fingerprint density at radius 3 is 2.52 bits per heavy atom. The highest BCUT2D eigenvalue weighted by molar-refractivity contribution is 7.15. The Bertz CT molecular complexity index is 605. The standard InChI is InChI=1S/C17H22N2OS/c1-11(2)10-15(20)18-12(3)16-13(4)19-17(21-16)14-8-6-5-7-9-14/h5-9,11-12H,10H2,1-4H3,(H,18,20). The van der Waals surface area contributed by atoms with Crippen LogP contribution in [0.15, 0.2) is 30.3 Å². The van der Waals surface area contributed by atoms with E-state index in [1.165, 1.54) is 0 Å². The maximum Gasteiger partial charge on any atom is 0.220 e. The highest BCUT2D eigenvalue weighted by Crippen LogP contribution is 2.31. The molecule has 4 heteroatoms. The molecule has 21 heavy (non-hydrogen) atoms. The molecule has 0 saturated heterocycles. The van der Waals surface area contributed by atoms with Gasteiger partial charge in [-0.3, -0.25) is 4.79 Å². The van der Waals surface area contributed by atoms with Crippen LogP contribution in [0.2, 0.25) is 0 Å². The van der Waals surface area contributed by atoms with Crippen molar-refractivity contribution in [1.82, 2.24) is 10.3 Å². The zero-order valence-electron chi connectivity index (χ0n) is 13.0. The second kappa shape index (κ2) is 6.85. The monoisotopic (exact) mass is 302 g/mol. The molecule has 2 aromatic rings. The summed E-state index contributed by atoms with van der Waals surface area (Å²) in [6.45, 7) is 8.13. The molecular weight excluding hydrogens is 280 g/mol. The van der Waals surface area contributed by atoms with Gasteiger partial charge in [-0.05, 0) is 19.8 Å². The van der Waals surface area contributed by atoms with Crippen molar-refractivity contribution in [3.63, 3.8) is 0 Å². The first-order chi connectivity index (χ1) is 9.97. The Labute approximate surface area is 130 Å². The van der Waals surface area contributed by atoms with Gasteiger partial charge in [-0.2, -0.15) is 0 Å². The zero-order valence-corrected chi connectivity index (χ0v) is 13.8. The first-order valence-electron chi connectivity index (χ1n) is 7.29. The number of aromatic nitrogens is 1. The molecule has 1 heterocycles. The van der Waals surface area contributed by atoms with E-state index in [0.717, 1.165) is 21.1 Å². The lowest BCUT2D eigenvalue weighted by Gasteiger charge is -2.13. The summed E-state index contributed by atoms with van der Waals surface area (Å²) in [6.07, 6.45) is 0.563. The average Bonchev–Trinajstić information content (AvgIpc) is 2.81. The number of nitrogens with one attached hydrogen (secondary N) is 1. The van der Waals surface area contributed by atoms with Gasteiger partial charge in [0.1, 0.15) is 5.01 Å². The van der Waals surface area contributed by atoms with E-state index in [-0.39, 0.29) is 11.9 Å². The lowest BCUT2D eigenvalue weighted by atomic mass is 10.1. The van der Waals surface area contributed by atoms with Crippen LogP contribution in [-0.2, 0) is 4.79 Å². The Hall–Kier alpha value is -1.68. The second-order valence-corrected chi connectivity index (χ2v) is 6.75. The van der Waals surface area contributed by atoms with Crippen molar-refractivity contribution in [1.29, 1.82) is 0 Å². The lowest BCUT2D eigenvalue weighted by molar-refractivity contribution is -0.122. The molecule has 1 N–H and O–H groups in total. The number of benzene rings is 1. The number of nitrogens with zero attached hydrogens (tertiary/aromatic N) is 1. The molecule has 1 aromatic carbocycles. The van der Waals surface area contributed by atoms with E-state index in [9.17, 15) is 4.79 Å². The van der Waals surface area contributed by atoms with Crippen molar-refractivity contribution < 1.29 is 4.79 Å². The van der Waals surface area contributed by atoms with Crippen LogP contribution in [0.25, 0.3) is 10.6 Å². The molecule has 2 rings (SSSR count). The smallest absolute Gasteiger partial charge is 0.220 e. The third-order valence-corrected chi connectivity index (χ3v) is 4.61. The maximum atomic E-state index is 11.9. The van der Waals surface area contributed by atoms with Crippen LogP contribution in [0, 0.1) is 12.8 Å². The van der Waals surface area contributed by atoms with Gasteiger partial charge in [-0.1, -0.05) is 44.2 Å². The molecule has 0 fully saturated rings. The number of thiazole rings is 1. The summed E-state index contributed by atoms with van der Waals surface area (Å²) in [5, 5.41) is 4.07. The molecule has 0 bridgehead atoms. The normalized spacial score (nSPS) is 12.4. The van der Waals surface area contributed by atoms with Crippen LogP contribution in [-0.4, -0.2) is 10.9 Å². The SMILES string of the molecule is Cc1nc(-c2ccccc2)sc1C(C)NC(=O)CC(C)C. The molecule has 112 valence electrons. The van der Waals surface area contributed by atoms with Crippen molar-refractivity contribution in [3.05, 3.63) is 40.9 Å². The Morgan fingerprint density at radius 2 is 1.90 bits per heavy atom. The molecule has 0 aliphatic heterocycles. The summed E-state index contributed by atoms with van der Waals surface area (Å²) >= 11 is 1.66. The summed E-state index contributed by atoms with van der Waals surface area (Å²) in [5.74, 6) is 0.478. The predicted molar refractivity (Wildman–Crippen MR) is 88.3 cm³/mol. The van der Waals surface area contributed by atoms with Crippen LogP contribution in [0.3, 0.4) is 0 Å². The summed E-state index contributed by atoms with van der Waals surface area (Å²) in [7, 11) is 0. The van der Waals surface area contributed by atoms with Crippen molar-refractivity contribution >= 4 is 17.2 Å². The number of hydrogen-bond donors (Lipinski definition) is 1. The molecular formula is C17H22N2OS. The number of carbonyl (C=O) groups excluding carboxylic acids is 1. The molecule has 0 aliphatic carbocycles. The van der Waals surface area contributed by atoms with Gasteiger partial charge < -0.3 is 5.32 Å². The fourth-order valence-electron chi connectivity index (χ4n) is 2.25. The van der Waals surface area contributed by atoms with E-state index >= 15 is 0 Å². The van der Waals surface area contributed by atoms with Gasteiger partial charge in [-0.25, -0.2) is 4.98 Å². The molecule has 1 amide bonds. The van der Waals surface area contributed by atoms with Gasteiger partial charge in [0.2, 0.25) is 5.91 Å². The first kappa shape index (κ1) is 15.7. The van der Waals surface area contributed by atoms with Crippen molar-refractivity contribution in [2.45, 2.75) is 40.2 Å². The number of rotatable bonds is 5. The van der Waals surface area contributed by atoms with E-state index in [2.05, 4.69) is 36.3 Å². The van der Waals surface area contributed by atoms with Gasteiger partial charge >= 0.3 is 0 Å². The van der Waals surface area contributed by atoms with Gasteiger partial charge in [0.25, 0.3) is 0 Å². The minimum atomic E-state index is 0.00575. The molecule has 0 radical (unpaired) electrons. The van der Waals surface area contributed by atoms with Crippen LogP contribution >= 0.6 is 11.3 Å². The summed E-state index contributed by atoms with van der Waals surface area (Å²) in [5.41, 5.74) is 2.12. The molecule has 0 spiro atoms. The van der Waals surface area contributed by atoms with E-state index in [0.29, 0.717) is 12.3 Å². The maximum absolute atomic E-state index is 11.9. The molecule has 3 nitrogen and oxygen atoms in total. The fourth-order valence-corrected chi connectivity index (χ4v) is 3.32. The van der Waals surface area contributed by atoms with Crippen LogP contribution in [0.5, 0.6) is 0 Å². The molecule has 0 aliphatic rings.